The van der Waals surface area contributed by atoms with Gasteiger partial charge in [0.15, 0.2) is 0 Å². The van der Waals surface area contributed by atoms with Crippen molar-refractivity contribution >= 4 is 11.9 Å². The first-order valence-corrected chi connectivity index (χ1v) is 6.39. The molecule has 0 bridgehead atoms. The number of urea groups is 1. The van der Waals surface area contributed by atoms with Gasteiger partial charge < -0.3 is 15.5 Å². The maximum absolute atomic E-state index is 11.9. The Morgan fingerprint density at radius 1 is 1.18 bits per heavy atom. The molecule has 5 nitrogen and oxygen atoms in total. The van der Waals surface area contributed by atoms with Gasteiger partial charge in [-0.2, -0.15) is 0 Å². The van der Waals surface area contributed by atoms with Crippen molar-refractivity contribution in [3.63, 3.8) is 0 Å². The van der Waals surface area contributed by atoms with Gasteiger partial charge in [-0.05, 0) is 27.2 Å². The first-order valence-electron chi connectivity index (χ1n) is 6.39. The van der Waals surface area contributed by atoms with Crippen molar-refractivity contribution in [2.45, 2.75) is 46.6 Å². The molecular formula is C12H25N3O2. The average Bonchev–Trinajstić information content (AvgIpc) is 2.30. The third-order valence-electron chi connectivity index (χ3n) is 2.61. The van der Waals surface area contributed by atoms with Crippen LogP contribution in [-0.2, 0) is 4.79 Å². The van der Waals surface area contributed by atoms with E-state index < -0.39 is 6.04 Å². The number of hydrogen-bond donors (Lipinski definition) is 2. The van der Waals surface area contributed by atoms with Gasteiger partial charge in [0.1, 0.15) is 6.04 Å². The minimum absolute atomic E-state index is 0.0411. The summed E-state index contributed by atoms with van der Waals surface area (Å²) in [4.78, 5) is 25.0. The average molecular weight is 243 g/mol. The molecule has 1 atom stereocenters. The Morgan fingerprint density at radius 3 is 2.24 bits per heavy atom. The Balaban J connectivity index is 4.02. The summed E-state index contributed by atoms with van der Waals surface area (Å²) in [6.45, 7) is 9.60. The van der Waals surface area contributed by atoms with Crippen molar-refractivity contribution in [3.8, 4) is 0 Å². The zero-order chi connectivity index (χ0) is 13.3. The summed E-state index contributed by atoms with van der Waals surface area (Å²) in [6.07, 6.45) is 1.99. The summed E-state index contributed by atoms with van der Waals surface area (Å²) in [5.41, 5.74) is 0. The summed E-state index contributed by atoms with van der Waals surface area (Å²) >= 11 is 0. The van der Waals surface area contributed by atoms with Crippen molar-refractivity contribution in [3.05, 3.63) is 0 Å². The summed E-state index contributed by atoms with van der Waals surface area (Å²) < 4.78 is 0. The molecule has 0 saturated heterocycles. The molecule has 0 saturated carbocycles. The Hall–Kier alpha value is -1.26. The van der Waals surface area contributed by atoms with E-state index in [0.717, 1.165) is 12.8 Å². The number of unbranched alkanes of at least 4 members (excludes halogenated alkanes) is 1. The third-order valence-corrected chi connectivity index (χ3v) is 2.61. The van der Waals surface area contributed by atoms with E-state index in [0.29, 0.717) is 19.6 Å². The van der Waals surface area contributed by atoms with Crippen molar-refractivity contribution in [1.29, 1.82) is 0 Å². The smallest absolute Gasteiger partial charge is 0.315 e. The Bertz CT molecular complexity index is 240. The fourth-order valence-electron chi connectivity index (χ4n) is 1.50. The van der Waals surface area contributed by atoms with Crippen molar-refractivity contribution in [2.24, 2.45) is 0 Å². The van der Waals surface area contributed by atoms with Gasteiger partial charge in [-0.1, -0.05) is 13.3 Å². The highest BCUT2D eigenvalue weighted by Gasteiger charge is 2.19. The monoisotopic (exact) mass is 243 g/mol. The molecule has 17 heavy (non-hydrogen) atoms. The van der Waals surface area contributed by atoms with Crippen molar-refractivity contribution in [2.75, 3.05) is 19.6 Å². The summed E-state index contributed by atoms with van der Waals surface area (Å²) in [5.74, 6) is -0.0411. The van der Waals surface area contributed by atoms with Crippen LogP contribution in [0.25, 0.3) is 0 Å². The lowest BCUT2D eigenvalue weighted by Gasteiger charge is -2.23. The molecule has 0 rings (SSSR count). The zero-order valence-corrected chi connectivity index (χ0v) is 11.4. The van der Waals surface area contributed by atoms with Crippen LogP contribution in [0.3, 0.4) is 0 Å². The predicted molar refractivity (Wildman–Crippen MR) is 68.8 cm³/mol. The molecule has 100 valence electrons. The van der Waals surface area contributed by atoms with Crippen molar-refractivity contribution in [1.82, 2.24) is 15.5 Å². The molecule has 0 aromatic carbocycles. The van der Waals surface area contributed by atoms with E-state index in [-0.39, 0.29) is 11.9 Å². The number of rotatable bonds is 7. The van der Waals surface area contributed by atoms with Gasteiger partial charge in [0.05, 0.1) is 0 Å². The highest BCUT2D eigenvalue weighted by molar-refractivity contribution is 5.86. The molecule has 3 amide bonds. The highest BCUT2D eigenvalue weighted by atomic mass is 16.2. The largest absolute Gasteiger partial charge is 0.341 e. The molecule has 1 unspecified atom stereocenters. The molecule has 0 fully saturated rings. The summed E-state index contributed by atoms with van der Waals surface area (Å²) in [5, 5.41) is 5.37. The predicted octanol–water partition coefficient (Wildman–Crippen LogP) is 1.34. The van der Waals surface area contributed by atoms with Crippen LogP contribution in [-0.4, -0.2) is 42.5 Å². The van der Waals surface area contributed by atoms with Crippen molar-refractivity contribution < 1.29 is 9.59 Å². The molecule has 0 aliphatic carbocycles. The molecule has 0 aliphatic rings. The van der Waals surface area contributed by atoms with Crippen LogP contribution >= 0.6 is 0 Å². The number of carbonyl (C=O) groups excluding carboxylic acids is 2. The number of hydrogen-bond acceptors (Lipinski definition) is 2. The molecule has 0 spiro atoms. The number of carbonyl (C=O) groups is 2. The number of likely N-dealkylation sites (N-methyl/N-ethyl adjacent to an activating group) is 1. The molecule has 5 heteroatoms. The topological polar surface area (TPSA) is 61.4 Å². The second-order valence-electron chi connectivity index (χ2n) is 3.99. The second-order valence-corrected chi connectivity index (χ2v) is 3.99. The maximum atomic E-state index is 11.9. The number of amides is 3. The first kappa shape index (κ1) is 15.7. The Morgan fingerprint density at radius 2 is 1.76 bits per heavy atom. The van der Waals surface area contributed by atoms with E-state index in [9.17, 15) is 9.59 Å². The molecule has 0 aliphatic heterocycles. The fraction of sp³-hybridized carbons (Fsp3) is 0.833. The van der Waals surface area contributed by atoms with E-state index in [1.165, 1.54) is 0 Å². The lowest BCUT2D eigenvalue weighted by Crippen LogP contribution is -2.49. The lowest BCUT2D eigenvalue weighted by atomic mass is 10.3. The highest BCUT2D eigenvalue weighted by Crippen LogP contribution is 1.94. The molecule has 0 heterocycles. The van der Waals surface area contributed by atoms with E-state index >= 15 is 0 Å². The number of nitrogens with zero attached hydrogens (tertiary/aromatic N) is 1. The van der Waals surface area contributed by atoms with Gasteiger partial charge >= 0.3 is 6.03 Å². The van der Waals surface area contributed by atoms with Crippen LogP contribution < -0.4 is 10.6 Å². The van der Waals surface area contributed by atoms with Crippen LogP contribution in [0.1, 0.15) is 40.5 Å². The number of nitrogens with one attached hydrogen (secondary N) is 2. The van der Waals surface area contributed by atoms with Crippen LogP contribution in [0, 0.1) is 0 Å². The van der Waals surface area contributed by atoms with E-state index in [1.807, 2.05) is 13.8 Å². The van der Waals surface area contributed by atoms with E-state index in [2.05, 4.69) is 17.6 Å². The zero-order valence-electron chi connectivity index (χ0n) is 11.4. The summed E-state index contributed by atoms with van der Waals surface area (Å²) in [7, 11) is 0. The Kier molecular flexibility index (Phi) is 8.19. The normalized spacial score (nSPS) is 11.8. The van der Waals surface area contributed by atoms with Gasteiger partial charge in [0, 0.05) is 19.6 Å². The molecule has 2 N–H and O–H groups in total. The van der Waals surface area contributed by atoms with Crippen LogP contribution in [0.4, 0.5) is 4.79 Å². The van der Waals surface area contributed by atoms with Gasteiger partial charge in [0.2, 0.25) is 5.91 Å². The first-order chi connectivity index (χ1) is 8.06. The van der Waals surface area contributed by atoms with Gasteiger partial charge in [0.25, 0.3) is 0 Å². The fourth-order valence-corrected chi connectivity index (χ4v) is 1.50. The third kappa shape index (κ3) is 6.14. The molecule has 0 aromatic heterocycles. The summed E-state index contributed by atoms with van der Waals surface area (Å²) in [6, 6.07) is -0.747. The van der Waals surface area contributed by atoms with Crippen LogP contribution in [0.5, 0.6) is 0 Å². The van der Waals surface area contributed by atoms with E-state index in [4.69, 9.17) is 0 Å². The van der Waals surface area contributed by atoms with Gasteiger partial charge in [-0.3, -0.25) is 4.79 Å². The minimum atomic E-state index is -0.475. The SMILES string of the molecule is CCCCNC(=O)NC(C)C(=O)N(CC)CC. The molecule has 0 radical (unpaired) electrons. The maximum Gasteiger partial charge on any atom is 0.315 e. The lowest BCUT2D eigenvalue weighted by molar-refractivity contribution is -0.132. The van der Waals surface area contributed by atoms with Crippen LogP contribution in [0.2, 0.25) is 0 Å². The standard InChI is InChI=1S/C12H25N3O2/c1-5-8-9-13-12(17)14-10(4)11(16)15(6-2)7-3/h10H,5-9H2,1-4H3,(H2,13,14,17). The van der Waals surface area contributed by atoms with Gasteiger partial charge in [-0.15, -0.1) is 0 Å². The quantitative estimate of drug-likeness (QED) is 0.663. The molecular weight excluding hydrogens is 218 g/mol. The molecule has 0 aromatic rings. The van der Waals surface area contributed by atoms with E-state index in [1.54, 1.807) is 11.8 Å². The minimum Gasteiger partial charge on any atom is -0.341 e. The van der Waals surface area contributed by atoms with Crippen LogP contribution in [0.15, 0.2) is 0 Å². The Labute approximate surface area is 104 Å². The van der Waals surface area contributed by atoms with Gasteiger partial charge in [-0.25, -0.2) is 4.79 Å². The second kappa shape index (κ2) is 8.84.